The summed E-state index contributed by atoms with van der Waals surface area (Å²) >= 11 is 0. The summed E-state index contributed by atoms with van der Waals surface area (Å²) in [6, 6.07) is 7.52. The van der Waals surface area contributed by atoms with Crippen molar-refractivity contribution in [2.75, 3.05) is 46.5 Å². The molecule has 1 aliphatic heterocycles. The van der Waals surface area contributed by atoms with E-state index in [1.165, 1.54) is 0 Å². The monoisotopic (exact) mass is 292 g/mol. The van der Waals surface area contributed by atoms with Crippen LogP contribution in [0.3, 0.4) is 0 Å². The summed E-state index contributed by atoms with van der Waals surface area (Å²) in [6.07, 6.45) is 2.18. The zero-order chi connectivity index (χ0) is 15.1. The van der Waals surface area contributed by atoms with Crippen LogP contribution < -0.4 is 4.74 Å². The molecule has 0 spiro atoms. The van der Waals surface area contributed by atoms with Crippen molar-refractivity contribution in [2.24, 2.45) is 0 Å². The number of benzene rings is 1. The Hall–Kier alpha value is -1.39. The standard InChI is InChI=1S/C17H26NO3/c1-3-4-11-21-16-7-5-15(6-8-16)17(19)14-18(2)9-12-20-13-10-18/h5-8H,3-4,9-14H2,1-2H3/q+1. The molecule has 116 valence electrons. The highest BCUT2D eigenvalue weighted by Crippen LogP contribution is 2.15. The number of unbranched alkanes of at least 4 members (excludes halogenated alkanes) is 1. The van der Waals surface area contributed by atoms with E-state index in [2.05, 4.69) is 14.0 Å². The second-order valence-corrected chi connectivity index (χ2v) is 5.99. The van der Waals surface area contributed by atoms with Crippen LogP contribution in [0.4, 0.5) is 0 Å². The van der Waals surface area contributed by atoms with Crippen molar-refractivity contribution in [3.63, 3.8) is 0 Å². The van der Waals surface area contributed by atoms with Gasteiger partial charge in [-0.25, -0.2) is 0 Å². The molecule has 0 aromatic heterocycles. The number of rotatable bonds is 7. The predicted octanol–water partition coefficient (Wildman–Crippen LogP) is 2.53. The molecule has 0 atom stereocenters. The molecule has 1 heterocycles. The molecule has 0 saturated carbocycles. The number of ketones is 1. The molecule has 2 rings (SSSR count). The minimum absolute atomic E-state index is 0.194. The maximum atomic E-state index is 12.4. The fourth-order valence-corrected chi connectivity index (χ4v) is 2.45. The highest BCUT2D eigenvalue weighted by atomic mass is 16.5. The number of morpholine rings is 1. The Balaban J connectivity index is 1.90. The van der Waals surface area contributed by atoms with Gasteiger partial charge in [0.2, 0.25) is 5.78 Å². The van der Waals surface area contributed by atoms with Gasteiger partial charge in [-0.2, -0.15) is 0 Å². The first-order chi connectivity index (χ1) is 10.1. The first kappa shape index (κ1) is 16.0. The van der Waals surface area contributed by atoms with Crippen LogP contribution in [0.2, 0.25) is 0 Å². The molecule has 1 aliphatic rings. The van der Waals surface area contributed by atoms with E-state index in [-0.39, 0.29) is 5.78 Å². The predicted molar refractivity (Wildman–Crippen MR) is 82.8 cm³/mol. The third-order valence-electron chi connectivity index (χ3n) is 4.02. The number of likely N-dealkylation sites (N-methyl/N-ethyl adjacent to an activating group) is 1. The molecule has 1 aromatic rings. The van der Waals surface area contributed by atoms with E-state index in [0.717, 1.165) is 61.5 Å². The van der Waals surface area contributed by atoms with Crippen LogP contribution in [-0.4, -0.2) is 56.8 Å². The SMILES string of the molecule is CCCCOc1ccc(C(=O)C[N+]2(C)CCOCC2)cc1. The van der Waals surface area contributed by atoms with Crippen molar-refractivity contribution in [3.05, 3.63) is 29.8 Å². The Morgan fingerprint density at radius 3 is 2.52 bits per heavy atom. The van der Waals surface area contributed by atoms with Crippen LogP contribution in [0.15, 0.2) is 24.3 Å². The third-order valence-corrected chi connectivity index (χ3v) is 4.02. The zero-order valence-corrected chi connectivity index (χ0v) is 13.1. The Bertz CT molecular complexity index is 450. The summed E-state index contributed by atoms with van der Waals surface area (Å²) in [5.41, 5.74) is 0.767. The van der Waals surface area contributed by atoms with Crippen LogP contribution in [0, 0.1) is 0 Å². The molecular weight excluding hydrogens is 266 g/mol. The zero-order valence-electron chi connectivity index (χ0n) is 13.1. The summed E-state index contributed by atoms with van der Waals surface area (Å²) in [6.45, 7) is 6.72. The number of ether oxygens (including phenoxy) is 2. The molecule has 4 heteroatoms. The van der Waals surface area contributed by atoms with Crippen molar-refractivity contribution >= 4 is 5.78 Å². The van der Waals surface area contributed by atoms with Gasteiger partial charge < -0.3 is 14.0 Å². The van der Waals surface area contributed by atoms with Gasteiger partial charge >= 0.3 is 0 Å². The lowest BCUT2D eigenvalue weighted by Crippen LogP contribution is -2.54. The van der Waals surface area contributed by atoms with Crippen LogP contribution in [-0.2, 0) is 4.74 Å². The smallest absolute Gasteiger partial charge is 0.216 e. The van der Waals surface area contributed by atoms with Gasteiger partial charge in [0.15, 0.2) is 0 Å². The molecule has 1 aromatic carbocycles. The van der Waals surface area contributed by atoms with Crippen molar-refractivity contribution in [1.29, 1.82) is 0 Å². The van der Waals surface area contributed by atoms with E-state index < -0.39 is 0 Å². The lowest BCUT2D eigenvalue weighted by Gasteiger charge is -2.36. The summed E-state index contributed by atoms with van der Waals surface area (Å²) in [5, 5.41) is 0. The van der Waals surface area contributed by atoms with E-state index in [1.54, 1.807) is 0 Å². The van der Waals surface area contributed by atoms with Crippen molar-refractivity contribution in [3.8, 4) is 5.75 Å². The second kappa shape index (κ2) is 7.57. The minimum Gasteiger partial charge on any atom is -0.494 e. The molecular formula is C17H26NO3+. The molecule has 4 nitrogen and oxygen atoms in total. The summed E-state index contributed by atoms with van der Waals surface area (Å²) < 4.78 is 11.8. The van der Waals surface area contributed by atoms with Gasteiger partial charge in [0, 0.05) is 5.56 Å². The minimum atomic E-state index is 0.194. The van der Waals surface area contributed by atoms with E-state index in [4.69, 9.17) is 9.47 Å². The molecule has 1 fully saturated rings. The Morgan fingerprint density at radius 2 is 1.90 bits per heavy atom. The van der Waals surface area contributed by atoms with Crippen LogP contribution in [0.25, 0.3) is 0 Å². The number of hydrogen-bond donors (Lipinski definition) is 0. The van der Waals surface area contributed by atoms with Gasteiger partial charge in [-0.15, -0.1) is 0 Å². The normalized spacial score (nSPS) is 17.4. The average molecular weight is 292 g/mol. The van der Waals surface area contributed by atoms with Crippen LogP contribution >= 0.6 is 0 Å². The lowest BCUT2D eigenvalue weighted by molar-refractivity contribution is -0.908. The average Bonchev–Trinajstić information content (AvgIpc) is 2.48. The number of Topliss-reactive ketones (excluding diaryl/α,β-unsaturated/α-hetero) is 1. The van der Waals surface area contributed by atoms with E-state index in [0.29, 0.717) is 6.54 Å². The van der Waals surface area contributed by atoms with Crippen molar-refractivity contribution < 1.29 is 18.8 Å². The summed E-state index contributed by atoms with van der Waals surface area (Å²) in [4.78, 5) is 12.4. The fourth-order valence-electron chi connectivity index (χ4n) is 2.45. The van der Waals surface area contributed by atoms with Crippen LogP contribution in [0.1, 0.15) is 30.1 Å². The van der Waals surface area contributed by atoms with Gasteiger partial charge in [0.05, 0.1) is 26.9 Å². The molecule has 1 saturated heterocycles. The first-order valence-electron chi connectivity index (χ1n) is 7.80. The summed E-state index contributed by atoms with van der Waals surface area (Å²) in [5.74, 6) is 1.03. The number of hydrogen-bond acceptors (Lipinski definition) is 3. The van der Waals surface area contributed by atoms with E-state index >= 15 is 0 Å². The van der Waals surface area contributed by atoms with E-state index in [9.17, 15) is 4.79 Å². The van der Waals surface area contributed by atoms with Crippen LogP contribution in [0.5, 0.6) is 5.75 Å². The Kier molecular flexibility index (Phi) is 5.76. The molecule has 0 aliphatic carbocycles. The van der Waals surface area contributed by atoms with E-state index in [1.807, 2.05) is 24.3 Å². The molecule has 21 heavy (non-hydrogen) atoms. The van der Waals surface area contributed by atoms with Crippen molar-refractivity contribution in [2.45, 2.75) is 19.8 Å². The number of carbonyl (C=O) groups excluding carboxylic acids is 1. The number of quaternary nitrogens is 1. The molecule has 0 bridgehead atoms. The van der Waals surface area contributed by atoms with Gasteiger partial charge in [0.1, 0.15) is 25.4 Å². The van der Waals surface area contributed by atoms with Gasteiger partial charge in [-0.3, -0.25) is 4.79 Å². The lowest BCUT2D eigenvalue weighted by atomic mass is 10.1. The van der Waals surface area contributed by atoms with Crippen molar-refractivity contribution in [1.82, 2.24) is 0 Å². The quantitative estimate of drug-likeness (QED) is 0.440. The Morgan fingerprint density at radius 1 is 1.24 bits per heavy atom. The fraction of sp³-hybridized carbons (Fsp3) is 0.588. The number of nitrogens with zero attached hydrogens (tertiary/aromatic N) is 1. The molecule has 0 radical (unpaired) electrons. The highest BCUT2D eigenvalue weighted by Gasteiger charge is 2.28. The third kappa shape index (κ3) is 4.83. The Labute approximate surface area is 127 Å². The molecule has 0 unspecified atom stereocenters. The van der Waals surface area contributed by atoms with Gasteiger partial charge in [-0.05, 0) is 30.7 Å². The first-order valence-corrected chi connectivity index (χ1v) is 7.80. The maximum absolute atomic E-state index is 12.4. The largest absolute Gasteiger partial charge is 0.494 e. The molecule has 0 amide bonds. The van der Waals surface area contributed by atoms with Gasteiger partial charge in [0.25, 0.3) is 0 Å². The number of carbonyl (C=O) groups is 1. The topological polar surface area (TPSA) is 35.5 Å². The second-order valence-electron chi connectivity index (χ2n) is 5.99. The molecule has 0 N–H and O–H groups in total. The highest BCUT2D eigenvalue weighted by molar-refractivity contribution is 5.97. The maximum Gasteiger partial charge on any atom is 0.216 e. The van der Waals surface area contributed by atoms with Gasteiger partial charge in [-0.1, -0.05) is 13.3 Å². The summed E-state index contributed by atoms with van der Waals surface area (Å²) in [7, 11) is 2.13.